The van der Waals surface area contributed by atoms with Crippen LogP contribution in [0.4, 0.5) is 11.6 Å². The first kappa shape index (κ1) is 16.4. The molecule has 1 aliphatic heterocycles. The Morgan fingerprint density at radius 2 is 1.96 bits per heavy atom. The molecule has 0 bridgehead atoms. The van der Waals surface area contributed by atoms with Crippen LogP contribution >= 0.6 is 0 Å². The quantitative estimate of drug-likeness (QED) is 0.691. The van der Waals surface area contributed by atoms with E-state index in [-0.39, 0.29) is 6.54 Å². The van der Waals surface area contributed by atoms with Crippen LogP contribution in [0.15, 0.2) is 33.9 Å². The number of aliphatic hydroxyl groups is 1. The van der Waals surface area contributed by atoms with E-state index in [1.807, 2.05) is 29.2 Å². The molecule has 1 N–H and O–H groups in total. The van der Waals surface area contributed by atoms with Gasteiger partial charge in [-0.05, 0) is 12.1 Å². The molecule has 2 aromatic heterocycles. The van der Waals surface area contributed by atoms with E-state index in [0.29, 0.717) is 29.4 Å². The van der Waals surface area contributed by atoms with Crippen LogP contribution in [-0.2, 0) is 20.6 Å². The molecular weight excluding hydrogens is 338 g/mol. The minimum absolute atomic E-state index is 0.236. The normalized spacial score (nSPS) is 16.8. The number of β-amino-alcohol motifs (C(OH)–C–C–N with tert-alkyl or cyclic N) is 1. The van der Waals surface area contributed by atoms with Crippen molar-refractivity contribution in [2.45, 2.75) is 12.6 Å². The van der Waals surface area contributed by atoms with E-state index < -0.39 is 17.4 Å². The first-order valence-corrected chi connectivity index (χ1v) is 8.18. The first-order chi connectivity index (χ1) is 12.4. The van der Waals surface area contributed by atoms with Crippen LogP contribution in [0.3, 0.4) is 0 Å². The SMILES string of the molecule is COc1cccc(N2CC(O)Cn3c2nc2c3c(=O)n(C)c(=O)n2C)c1. The van der Waals surface area contributed by atoms with Gasteiger partial charge in [-0.1, -0.05) is 6.07 Å². The van der Waals surface area contributed by atoms with Gasteiger partial charge in [-0.2, -0.15) is 4.98 Å². The fraction of sp³-hybridized carbons (Fsp3) is 0.353. The van der Waals surface area contributed by atoms with Gasteiger partial charge in [0.25, 0.3) is 5.56 Å². The number of imidazole rings is 1. The summed E-state index contributed by atoms with van der Waals surface area (Å²) >= 11 is 0. The lowest BCUT2D eigenvalue weighted by Crippen LogP contribution is -2.40. The van der Waals surface area contributed by atoms with Crippen molar-refractivity contribution in [3.63, 3.8) is 0 Å². The largest absolute Gasteiger partial charge is 0.497 e. The van der Waals surface area contributed by atoms with Gasteiger partial charge in [0.2, 0.25) is 5.95 Å². The van der Waals surface area contributed by atoms with Gasteiger partial charge in [0.15, 0.2) is 11.2 Å². The van der Waals surface area contributed by atoms with Crippen molar-refractivity contribution in [2.75, 3.05) is 18.6 Å². The molecule has 1 aliphatic rings. The van der Waals surface area contributed by atoms with E-state index in [0.717, 1.165) is 10.3 Å². The van der Waals surface area contributed by atoms with E-state index in [9.17, 15) is 14.7 Å². The third-order valence-corrected chi connectivity index (χ3v) is 4.72. The second-order valence-electron chi connectivity index (χ2n) is 6.37. The second-order valence-corrected chi connectivity index (χ2v) is 6.37. The molecule has 0 fully saturated rings. The predicted octanol–water partition coefficient (Wildman–Crippen LogP) is -0.0451. The molecule has 0 spiro atoms. The Morgan fingerprint density at radius 3 is 2.69 bits per heavy atom. The molecule has 136 valence electrons. The number of aliphatic hydroxyl groups excluding tert-OH is 1. The molecule has 3 heterocycles. The number of anilines is 2. The third-order valence-electron chi connectivity index (χ3n) is 4.72. The van der Waals surface area contributed by atoms with Gasteiger partial charge in [0.05, 0.1) is 26.3 Å². The Hall–Kier alpha value is -3.07. The Labute approximate surface area is 148 Å². The number of benzene rings is 1. The smallest absolute Gasteiger partial charge is 0.332 e. The monoisotopic (exact) mass is 357 g/mol. The van der Waals surface area contributed by atoms with Gasteiger partial charge < -0.3 is 19.3 Å². The summed E-state index contributed by atoms with van der Waals surface area (Å²) in [7, 11) is 4.59. The maximum atomic E-state index is 12.7. The number of rotatable bonds is 2. The van der Waals surface area contributed by atoms with E-state index in [1.54, 1.807) is 18.7 Å². The summed E-state index contributed by atoms with van der Waals surface area (Å²) in [5.74, 6) is 1.19. The van der Waals surface area contributed by atoms with E-state index in [1.165, 1.54) is 11.6 Å². The molecular formula is C17H19N5O4. The Balaban J connectivity index is 2.01. The number of fused-ring (bicyclic) bond motifs is 3. The number of hydrogen-bond acceptors (Lipinski definition) is 6. The number of nitrogens with zero attached hydrogens (tertiary/aromatic N) is 5. The summed E-state index contributed by atoms with van der Waals surface area (Å²) in [6.07, 6.45) is -0.687. The van der Waals surface area contributed by atoms with Crippen LogP contribution in [0.5, 0.6) is 5.75 Å². The highest BCUT2D eigenvalue weighted by Crippen LogP contribution is 2.32. The van der Waals surface area contributed by atoms with E-state index in [4.69, 9.17) is 4.74 Å². The number of methoxy groups -OCH3 is 1. The summed E-state index contributed by atoms with van der Waals surface area (Å²) in [5.41, 5.74) is 0.515. The van der Waals surface area contributed by atoms with E-state index in [2.05, 4.69) is 4.98 Å². The molecule has 0 radical (unpaired) electrons. The fourth-order valence-corrected chi connectivity index (χ4v) is 3.37. The lowest BCUT2D eigenvalue weighted by atomic mass is 10.2. The fourth-order valence-electron chi connectivity index (χ4n) is 3.37. The molecule has 0 aliphatic carbocycles. The highest BCUT2D eigenvalue weighted by Gasteiger charge is 2.30. The lowest BCUT2D eigenvalue weighted by Gasteiger charge is -2.32. The molecule has 1 atom stereocenters. The van der Waals surface area contributed by atoms with Gasteiger partial charge in [-0.25, -0.2) is 4.79 Å². The van der Waals surface area contributed by atoms with Gasteiger partial charge in [0.1, 0.15) is 5.75 Å². The van der Waals surface area contributed by atoms with Crippen molar-refractivity contribution in [1.82, 2.24) is 18.7 Å². The minimum atomic E-state index is -0.687. The van der Waals surface area contributed by atoms with Crippen molar-refractivity contribution in [3.05, 3.63) is 45.1 Å². The maximum absolute atomic E-state index is 12.7. The predicted molar refractivity (Wildman–Crippen MR) is 96.2 cm³/mol. The van der Waals surface area contributed by atoms with Crippen molar-refractivity contribution in [1.29, 1.82) is 0 Å². The number of aryl methyl sites for hydroxylation is 1. The van der Waals surface area contributed by atoms with Gasteiger partial charge >= 0.3 is 5.69 Å². The topological polar surface area (TPSA) is 94.5 Å². The van der Waals surface area contributed by atoms with Crippen LogP contribution in [0.25, 0.3) is 11.2 Å². The number of hydrogen-bond donors (Lipinski definition) is 1. The Morgan fingerprint density at radius 1 is 1.19 bits per heavy atom. The van der Waals surface area contributed by atoms with Gasteiger partial charge in [-0.15, -0.1) is 0 Å². The third kappa shape index (κ3) is 2.24. The molecule has 0 saturated carbocycles. The van der Waals surface area contributed by atoms with Crippen molar-refractivity contribution >= 4 is 22.8 Å². The molecule has 9 heteroatoms. The zero-order chi connectivity index (χ0) is 18.6. The summed E-state index contributed by atoms with van der Waals surface area (Å²) < 4.78 is 9.34. The van der Waals surface area contributed by atoms with Crippen LogP contribution in [0, 0.1) is 0 Å². The van der Waals surface area contributed by atoms with Gasteiger partial charge in [0, 0.05) is 25.8 Å². The highest BCUT2D eigenvalue weighted by atomic mass is 16.5. The van der Waals surface area contributed by atoms with E-state index >= 15 is 0 Å². The van der Waals surface area contributed by atoms with Crippen molar-refractivity contribution in [3.8, 4) is 5.75 Å². The number of aromatic nitrogens is 4. The van der Waals surface area contributed by atoms with Gasteiger partial charge in [-0.3, -0.25) is 13.9 Å². The molecule has 3 aromatic rings. The highest BCUT2D eigenvalue weighted by molar-refractivity contribution is 5.77. The molecule has 26 heavy (non-hydrogen) atoms. The van der Waals surface area contributed by atoms with Crippen LogP contribution in [-0.4, -0.2) is 43.6 Å². The lowest BCUT2D eigenvalue weighted by molar-refractivity contribution is 0.154. The molecule has 1 unspecified atom stereocenters. The second kappa shape index (κ2) is 5.73. The van der Waals surface area contributed by atoms with Crippen molar-refractivity contribution < 1.29 is 9.84 Å². The minimum Gasteiger partial charge on any atom is -0.497 e. The van der Waals surface area contributed by atoms with Crippen LogP contribution in [0.2, 0.25) is 0 Å². The zero-order valence-electron chi connectivity index (χ0n) is 14.7. The summed E-state index contributed by atoms with van der Waals surface area (Å²) in [6.45, 7) is 0.560. The summed E-state index contributed by atoms with van der Waals surface area (Å²) in [4.78, 5) is 31.2. The average Bonchev–Trinajstić information content (AvgIpc) is 3.03. The molecule has 0 amide bonds. The zero-order valence-corrected chi connectivity index (χ0v) is 14.7. The standard InChI is InChI=1S/C17H19N5O4/c1-19-14-13(15(24)20(2)17(19)25)22-9-11(23)8-21(16(22)18-14)10-5-4-6-12(7-10)26-3/h4-7,11,23H,8-9H2,1-3H3. The molecule has 4 rings (SSSR count). The molecule has 9 nitrogen and oxygen atoms in total. The summed E-state index contributed by atoms with van der Waals surface area (Å²) in [5, 5.41) is 10.4. The molecule has 0 saturated heterocycles. The average molecular weight is 357 g/mol. The Bertz CT molecular complexity index is 1130. The first-order valence-electron chi connectivity index (χ1n) is 8.18. The maximum Gasteiger partial charge on any atom is 0.332 e. The summed E-state index contributed by atoms with van der Waals surface area (Å²) in [6, 6.07) is 7.38. The molecule has 1 aromatic carbocycles. The van der Waals surface area contributed by atoms with Crippen LogP contribution in [0.1, 0.15) is 0 Å². The Kier molecular flexibility index (Phi) is 3.62. The van der Waals surface area contributed by atoms with Crippen molar-refractivity contribution in [2.24, 2.45) is 14.1 Å². The number of ether oxygens (including phenoxy) is 1. The van der Waals surface area contributed by atoms with Crippen LogP contribution < -0.4 is 20.9 Å².